The van der Waals surface area contributed by atoms with Crippen LogP contribution in [-0.2, 0) is 16.1 Å². The maximum absolute atomic E-state index is 13.5. The molecule has 34 heavy (non-hydrogen) atoms. The summed E-state index contributed by atoms with van der Waals surface area (Å²) in [6.45, 7) is 4.54. The van der Waals surface area contributed by atoms with E-state index in [9.17, 15) is 9.59 Å². The van der Waals surface area contributed by atoms with Crippen LogP contribution in [0.25, 0.3) is 0 Å². The minimum atomic E-state index is -0.763. The summed E-state index contributed by atoms with van der Waals surface area (Å²) in [7, 11) is 0. The van der Waals surface area contributed by atoms with Gasteiger partial charge in [-0.25, -0.2) is 4.98 Å². The number of thiazole rings is 1. The number of aryl methyl sites for hydroxylation is 1. The predicted molar refractivity (Wildman–Crippen MR) is 128 cm³/mol. The molecule has 1 atom stereocenters. The first-order chi connectivity index (χ1) is 16.6. The molecule has 8 nitrogen and oxygen atoms in total. The third kappa shape index (κ3) is 4.76. The fraction of sp³-hybridized carbons (Fsp3) is 0.320. The zero-order chi connectivity index (χ0) is 23.5. The average molecular weight is 480 g/mol. The molecule has 5 rings (SSSR count). The minimum Gasteiger partial charge on any atom is -0.487 e. The van der Waals surface area contributed by atoms with E-state index in [1.165, 1.54) is 0 Å². The molecule has 0 spiro atoms. The number of benzene rings is 2. The van der Waals surface area contributed by atoms with E-state index in [0.717, 1.165) is 10.7 Å². The number of rotatable bonds is 5. The van der Waals surface area contributed by atoms with Gasteiger partial charge in [0.15, 0.2) is 6.10 Å². The summed E-state index contributed by atoms with van der Waals surface area (Å²) >= 11 is 1.58. The van der Waals surface area contributed by atoms with Crippen molar-refractivity contribution in [3.63, 3.8) is 0 Å². The van der Waals surface area contributed by atoms with Gasteiger partial charge in [-0.05, 0) is 43.3 Å². The number of carbonyl (C=O) groups excluding carboxylic acids is 2. The van der Waals surface area contributed by atoms with E-state index in [2.05, 4.69) is 4.98 Å². The van der Waals surface area contributed by atoms with E-state index in [1.807, 2.05) is 30.5 Å². The van der Waals surface area contributed by atoms with Gasteiger partial charge >= 0.3 is 0 Å². The lowest BCUT2D eigenvalue weighted by atomic mass is 10.1. The largest absolute Gasteiger partial charge is 0.487 e. The Kier molecular flexibility index (Phi) is 6.46. The van der Waals surface area contributed by atoms with Crippen molar-refractivity contribution in [1.82, 2.24) is 9.88 Å². The fourth-order valence-corrected chi connectivity index (χ4v) is 4.62. The van der Waals surface area contributed by atoms with Gasteiger partial charge in [0.1, 0.15) is 18.1 Å². The van der Waals surface area contributed by atoms with E-state index < -0.39 is 6.10 Å². The van der Waals surface area contributed by atoms with Crippen LogP contribution < -0.4 is 14.4 Å². The number of anilines is 1. The highest BCUT2D eigenvalue weighted by atomic mass is 32.1. The average Bonchev–Trinajstić information content (AvgIpc) is 3.31. The van der Waals surface area contributed by atoms with Crippen LogP contribution in [0, 0.1) is 6.92 Å². The van der Waals surface area contributed by atoms with Crippen molar-refractivity contribution >= 4 is 28.8 Å². The van der Waals surface area contributed by atoms with Crippen LogP contribution in [0.4, 0.5) is 5.69 Å². The Morgan fingerprint density at radius 3 is 2.62 bits per heavy atom. The van der Waals surface area contributed by atoms with Crippen molar-refractivity contribution < 1.29 is 23.8 Å². The van der Waals surface area contributed by atoms with E-state index in [1.54, 1.807) is 51.5 Å². The SMILES string of the molecule is Cc1nc(COc2ccc(C(=O)N3CC(C(=O)N4CCOCC4)Oc4ccccc43)cc2)cs1. The van der Waals surface area contributed by atoms with Gasteiger partial charge in [-0.2, -0.15) is 0 Å². The van der Waals surface area contributed by atoms with Gasteiger partial charge in [0, 0.05) is 24.0 Å². The zero-order valence-corrected chi connectivity index (χ0v) is 19.6. The molecule has 0 aliphatic carbocycles. The number of aromatic nitrogens is 1. The number of carbonyl (C=O) groups is 2. The number of hydrogen-bond donors (Lipinski definition) is 0. The van der Waals surface area contributed by atoms with Gasteiger partial charge in [0.25, 0.3) is 11.8 Å². The normalized spacial score (nSPS) is 17.6. The second-order valence-electron chi connectivity index (χ2n) is 8.10. The molecule has 0 saturated carbocycles. The van der Waals surface area contributed by atoms with Gasteiger partial charge in [0.05, 0.1) is 36.1 Å². The Morgan fingerprint density at radius 1 is 1.12 bits per heavy atom. The van der Waals surface area contributed by atoms with Gasteiger partial charge < -0.3 is 24.0 Å². The summed E-state index contributed by atoms with van der Waals surface area (Å²) in [6.07, 6.45) is -0.763. The van der Waals surface area contributed by atoms with Crippen molar-refractivity contribution in [3.8, 4) is 11.5 Å². The van der Waals surface area contributed by atoms with Crippen LogP contribution in [0.1, 0.15) is 21.1 Å². The molecule has 1 aromatic heterocycles. The van der Waals surface area contributed by atoms with Crippen molar-refractivity contribution in [2.24, 2.45) is 0 Å². The number of hydrogen-bond acceptors (Lipinski definition) is 7. The molecule has 1 fully saturated rings. The van der Waals surface area contributed by atoms with E-state index in [4.69, 9.17) is 14.2 Å². The number of nitrogens with zero attached hydrogens (tertiary/aromatic N) is 3. The maximum atomic E-state index is 13.5. The number of ether oxygens (including phenoxy) is 3. The van der Waals surface area contributed by atoms with Gasteiger partial charge in [-0.1, -0.05) is 12.1 Å². The minimum absolute atomic E-state index is 0.128. The Labute approximate surface area is 201 Å². The van der Waals surface area contributed by atoms with E-state index in [0.29, 0.717) is 55.7 Å². The third-order valence-electron chi connectivity index (χ3n) is 5.77. The first-order valence-electron chi connectivity index (χ1n) is 11.2. The molecule has 0 radical (unpaired) electrons. The first kappa shape index (κ1) is 22.4. The van der Waals surface area contributed by atoms with E-state index in [-0.39, 0.29) is 18.4 Å². The quantitative estimate of drug-likeness (QED) is 0.559. The predicted octanol–water partition coefficient (Wildman–Crippen LogP) is 3.30. The van der Waals surface area contributed by atoms with Gasteiger partial charge in [-0.3, -0.25) is 9.59 Å². The molecule has 0 bridgehead atoms. The summed E-state index contributed by atoms with van der Waals surface area (Å²) in [5.74, 6) is 0.853. The Hall–Kier alpha value is -3.43. The number of para-hydroxylation sites is 2. The zero-order valence-electron chi connectivity index (χ0n) is 18.8. The highest BCUT2D eigenvalue weighted by Crippen LogP contribution is 2.34. The van der Waals surface area contributed by atoms with Crippen LogP contribution in [0.5, 0.6) is 11.5 Å². The molecule has 2 amide bonds. The monoisotopic (exact) mass is 479 g/mol. The maximum Gasteiger partial charge on any atom is 0.265 e. The van der Waals surface area contributed by atoms with Crippen LogP contribution >= 0.6 is 11.3 Å². The molecule has 9 heteroatoms. The van der Waals surface area contributed by atoms with Crippen molar-refractivity contribution in [3.05, 3.63) is 70.2 Å². The Morgan fingerprint density at radius 2 is 1.88 bits per heavy atom. The molecule has 0 N–H and O–H groups in total. The smallest absolute Gasteiger partial charge is 0.265 e. The van der Waals surface area contributed by atoms with Gasteiger partial charge in [-0.15, -0.1) is 11.3 Å². The number of morpholine rings is 1. The summed E-state index contributed by atoms with van der Waals surface area (Å²) in [5.41, 5.74) is 2.03. The van der Waals surface area contributed by atoms with Crippen molar-refractivity contribution in [2.75, 3.05) is 37.7 Å². The van der Waals surface area contributed by atoms with Gasteiger partial charge in [0.2, 0.25) is 0 Å². The van der Waals surface area contributed by atoms with Crippen LogP contribution in [0.2, 0.25) is 0 Å². The Bertz CT molecular complexity index is 1170. The molecular formula is C25H25N3O5S. The number of amides is 2. The molecule has 176 valence electrons. The standard InChI is InChI=1S/C25H25N3O5S/c1-17-26-19(16-34-17)15-32-20-8-6-18(7-9-20)24(29)28-14-23(25(30)27-10-12-31-13-11-27)33-22-5-3-2-4-21(22)28/h2-9,16,23H,10-15H2,1H3. The van der Waals surface area contributed by atoms with E-state index >= 15 is 0 Å². The fourth-order valence-electron chi connectivity index (χ4n) is 4.02. The second-order valence-corrected chi connectivity index (χ2v) is 9.16. The molecule has 3 aromatic rings. The topological polar surface area (TPSA) is 81.2 Å². The molecule has 1 saturated heterocycles. The molecule has 3 heterocycles. The summed E-state index contributed by atoms with van der Waals surface area (Å²) in [6, 6.07) is 14.3. The van der Waals surface area contributed by atoms with Crippen LogP contribution in [-0.4, -0.2) is 60.7 Å². The van der Waals surface area contributed by atoms with Crippen molar-refractivity contribution in [1.29, 1.82) is 0 Å². The molecule has 1 unspecified atom stereocenters. The third-order valence-corrected chi connectivity index (χ3v) is 6.59. The molecular weight excluding hydrogens is 454 g/mol. The highest BCUT2D eigenvalue weighted by molar-refractivity contribution is 7.09. The lowest BCUT2D eigenvalue weighted by Crippen LogP contribution is -2.54. The van der Waals surface area contributed by atoms with Crippen LogP contribution in [0.15, 0.2) is 53.9 Å². The first-order valence-corrected chi connectivity index (χ1v) is 12.0. The second kappa shape index (κ2) is 9.82. The van der Waals surface area contributed by atoms with Crippen molar-refractivity contribution in [2.45, 2.75) is 19.6 Å². The summed E-state index contributed by atoms with van der Waals surface area (Å²) in [4.78, 5) is 34.3. The lowest BCUT2D eigenvalue weighted by Gasteiger charge is -2.37. The lowest BCUT2D eigenvalue weighted by molar-refractivity contribution is -0.142. The molecule has 2 aliphatic heterocycles. The molecule has 2 aliphatic rings. The Balaban J connectivity index is 1.31. The summed E-state index contributed by atoms with van der Waals surface area (Å²) < 4.78 is 17.2. The highest BCUT2D eigenvalue weighted by Gasteiger charge is 2.36. The number of fused-ring (bicyclic) bond motifs is 1. The van der Waals surface area contributed by atoms with Crippen LogP contribution in [0.3, 0.4) is 0 Å². The molecule has 2 aromatic carbocycles. The summed E-state index contributed by atoms with van der Waals surface area (Å²) in [5, 5.41) is 2.97.